The van der Waals surface area contributed by atoms with E-state index >= 15 is 0 Å². The molecule has 1 aliphatic heterocycles. The number of rotatable bonds is 1. The first-order valence-corrected chi connectivity index (χ1v) is 5.19. The van der Waals surface area contributed by atoms with Crippen molar-refractivity contribution in [3.8, 4) is 11.5 Å². The summed E-state index contributed by atoms with van der Waals surface area (Å²) in [6.07, 6.45) is 0. The van der Waals surface area contributed by atoms with Crippen molar-refractivity contribution in [3.63, 3.8) is 0 Å². The van der Waals surface area contributed by atoms with Gasteiger partial charge in [-0.25, -0.2) is 4.79 Å². The fourth-order valence-corrected chi connectivity index (χ4v) is 1.90. The molecule has 0 aliphatic carbocycles. The zero-order valence-electron chi connectivity index (χ0n) is 8.08. The molecule has 80 valence electrons. The predicted octanol–water partition coefficient (Wildman–Crippen LogP) is 2.01. The van der Waals surface area contributed by atoms with E-state index in [0.717, 1.165) is 0 Å². The lowest BCUT2D eigenvalue weighted by atomic mass is 10.2. The van der Waals surface area contributed by atoms with Crippen molar-refractivity contribution in [2.24, 2.45) is 0 Å². The maximum atomic E-state index is 11.3. The van der Waals surface area contributed by atoms with Crippen LogP contribution in [0.25, 0.3) is 0 Å². The lowest BCUT2D eigenvalue weighted by Crippen LogP contribution is -2.16. The molecule has 0 bridgehead atoms. The minimum atomic E-state index is -0.396. The zero-order valence-corrected chi connectivity index (χ0v) is 9.67. The molecule has 1 aliphatic rings. The summed E-state index contributed by atoms with van der Waals surface area (Å²) in [5.41, 5.74) is 0.439. The molecular formula is C10H9BrO4. The second-order valence-electron chi connectivity index (χ2n) is 2.97. The number of hydrogen-bond acceptors (Lipinski definition) is 4. The lowest BCUT2D eigenvalue weighted by molar-refractivity contribution is 0.0599. The van der Waals surface area contributed by atoms with Gasteiger partial charge in [0.15, 0.2) is 11.5 Å². The Kier molecular flexibility index (Phi) is 2.81. The van der Waals surface area contributed by atoms with Crippen LogP contribution >= 0.6 is 15.9 Å². The van der Waals surface area contributed by atoms with Crippen molar-refractivity contribution in [1.82, 2.24) is 0 Å². The van der Waals surface area contributed by atoms with Gasteiger partial charge < -0.3 is 14.2 Å². The molecule has 0 saturated heterocycles. The highest BCUT2D eigenvalue weighted by Gasteiger charge is 2.18. The molecule has 0 spiro atoms. The van der Waals surface area contributed by atoms with Gasteiger partial charge in [0.05, 0.1) is 17.1 Å². The van der Waals surface area contributed by atoms with Crippen molar-refractivity contribution < 1.29 is 19.0 Å². The van der Waals surface area contributed by atoms with Crippen molar-refractivity contribution in [3.05, 3.63) is 22.2 Å². The van der Waals surface area contributed by atoms with Crippen LogP contribution in [-0.4, -0.2) is 26.3 Å². The third-order valence-electron chi connectivity index (χ3n) is 2.02. The summed E-state index contributed by atoms with van der Waals surface area (Å²) in [6, 6.07) is 3.27. The van der Waals surface area contributed by atoms with Crippen LogP contribution < -0.4 is 9.47 Å². The van der Waals surface area contributed by atoms with Crippen LogP contribution in [0.15, 0.2) is 16.6 Å². The number of benzene rings is 1. The Morgan fingerprint density at radius 1 is 1.40 bits per heavy atom. The molecule has 4 nitrogen and oxygen atoms in total. The highest BCUT2D eigenvalue weighted by Crippen LogP contribution is 2.38. The van der Waals surface area contributed by atoms with Crippen LogP contribution in [0, 0.1) is 0 Å². The number of carbonyl (C=O) groups is 1. The largest absolute Gasteiger partial charge is 0.486 e. The van der Waals surface area contributed by atoms with Crippen molar-refractivity contribution in [1.29, 1.82) is 0 Å². The van der Waals surface area contributed by atoms with Gasteiger partial charge in [0.1, 0.15) is 13.2 Å². The maximum Gasteiger partial charge on any atom is 0.338 e. The first-order chi connectivity index (χ1) is 7.22. The average molecular weight is 273 g/mol. The number of fused-ring (bicyclic) bond motifs is 1. The van der Waals surface area contributed by atoms with E-state index < -0.39 is 5.97 Å². The van der Waals surface area contributed by atoms with E-state index in [9.17, 15) is 4.79 Å². The number of hydrogen-bond donors (Lipinski definition) is 0. The molecule has 0 unspecified atom stereocenters. The van der Waals surface area contributed by atoms with Gasteiger partial charge in [-0.1, -0.05) is 0 Å². The van der Waals surface area contributed by atoms with Gasteiger partial charge in [-0.2, -0.15) is 0 Å². The van der Waals surface area contributed by atoms with Crippen LogP contribution in [0.2, 0.25) is 0 Å². The van der Waals surface area contributed by atoms with Gasteiger partial charge in [-0.3, -0.25) is 0 Å². The van der Waals surface area contributed by atoms with Gasteiger partial charge in [0, 0.05) is 0 Å². The SMILES string of the molecule is COC(=O)c1cc(Br)c2c(c1)OCCO2. The van der Waals surface area contributed by atoms with Crippen LogP contribution in [0.5, 0.6) is 11.5 Å². The summed E-state index contributed by atoms with van der Waals surface area (Å²) < 4.78 is 16.1. The van der Waals surface area contributed by atoms with Crippen LogP contribution in [0.3, 0.4) is 0 Å². The molecule has 0 radical (unpaired) electrons. The van der Waals surface area contributed by atoms with E-state index in [1.54, 1.807) is 12.1 Å². The zero-order chi connectivity index (χ0) is 10.8. The van der Waals surface area contributed by atoms with Gasteiger partial charge >= 0.3 is 5.97 Å². The third-order valence-corrected chi connectivity index (χ3v) is 2.61. The smallest absolute Gasteiger partial charge is 0.338 e. The first-order valence-electron chi connectivity index (χ1n) is 4.40. The van der Waals surface area contributed by atoms with Crippen LogP contribution in [0.1, 0.15) is 10.4 Å². The summed E-state index contributed by atoms with van der Waals surface area (Å²) >= 11 is 3.32. The molecule has 0 atom stereocenters. The number of carbonyl (C=O) groups excluding carboxylic acids is 1. The Hall–Kier alpha value is -1.23. The molecule has 0 saturated carbocycles. The van der Waals surface area contributed by atoms with Gasteiger partial charge in [-0.15, -0.1) is 0 Å². The van der Waals surface area contributed by atoms with E-state index in [4.69, 9.17) is 9.47 Å². The van der Waals surface area contributed by atoms with E-state index in [-0.39, 0.29) is 0 Å². The summed E-state index contributed by atoms with van der Waals surface area (Å²) in [4.78, 5) is 11.3. The summed E-state index contributed by atoms with van der Waals surface area (Å²) in [7, 11) is 1.34. The van der Waals surface area contributed by atoms with Crippen molar-refractivity contribution in [2.45, 2.75) is 0 Å². The fraction of sp³-hybridized carbons (Fsp3) is 0.300. The average Bonchev–Trinajstić information content (AvgIpc) is 2.28. The third kappa shape index (κ3) is 1.92. The monoisotopic (exact) mass is 272 g/mol. The molecule has 2 rings (SSSR count). The summed E-state index contributed by atoms with van der Waals surface area (Å²) in [5, 5.41) is 0. The predicted molar refractivity (Wildman–Crippen MR) is 56.5 cm³/mol. The highest BCUT2D eigenvalue weighted by molar-refractivity contribution is 9.10. The van der Waals surface area contributed by atoms with Gasteiger partial charge in [0.25, 0.3) is 0 Å². The molecule has 0 N–H and O–H groups in total. The Bertz CT molecular complexity index is 403. The second kappa shape index (κ2) is 4.10. The first kappa shape index (κ1) is 10.3. The molecule has 1 heterocycles. The molecule has 1 aromatic rings. The van der Waals surface area contributed by atoms with Gasteiger partial charge in [0.2, 0.25) is 0 Å². The van der Waals surface area contributed by atoms with Crippen LogP contribution in [0.4, 0.5) is 0 Å². The molecule has 0 aromatic heterocycles. The number of esters is 1. The Labute approximate surface area is 95.3 Å². The normalized spacial score (nSPS) is 13.5. The molecule has 15 heavy (non-hydrogen) atoms. The standard InChI is InChI=1S/C10H9BrO4/c1-13-10(12)6-4-7(11)9-8(5-6)14-2-3-15-9/h4-5H,2-3H2,1H3. The van der Waals surface area contributed by atoms with Crippen LogP contribution in [-0.2, 0) is 4.74 Å². The van der Waals surface area contributed by atoms with E-state index in [0.29, 0.717) is 34.7 Å². The maximum absolute atomic E-state index is 11.3. The minimum Gasteiger partial charge on any atom is -0.486 e. The highest BCUT2D eigenvalue weighted by atomic mass is 79.9. The van der Waals surface area contributed by atoms with Crippen molar-refractivity contribution in [2.75, 3.05) is 20.3 Å². The Morgan fingerprint density at radius 2 is 2.13 bits per heavy atom. The Balaban J connectivity index is 2.45. The molecule has 5 heteroatoms. The van der Waals surface area contributed by atoms with E-state index in [1.165, 1.54) is 7.11 Å². The summed E-state index contributed by atoms with van der Waals surface area (Å²) in [5.74, 6) is 0.803. The Morgan fingerprint density at radius 3 is 2.87 bits per heavy atom. The molecule has 0 fully saturated rings. The molecular weight excluding hydrogens is 264 g/mol. The number of ether oxygens (including phenoxy) is 3. The fourth-order valence-electron chi connectivity index (χ4n) is 1.35. The topological polar surface area (TPSA) is 44.8 Å². The molecule has 0 amide bonds. The van der Waals surface area contributed by atoms with E-state index in [1.807, 2.05) is 0 Å². The lowest BCUT2D eigenvalue weighted by Gasteiger charge is -2.19. The quantitative estimate of drug-likeness (QED) is 0.734. The number of methoxy groups -OCH3 is 1. The van der Waals surface area contributed by atoms with E-state index in [2.05, 4.69) is 20.7 Å². The summed E-state index contributed by atoms with van der Waals surface area (Å²) in [6.45, 7) is 1.01. The molecule has 1 aromatic carbocycles. The minimum absolute atomic E-state index is 0.396. The second-order valence-corrected chi connectivity index (χ2v) is 3.83. The van der Waals surface area contributed by atoms with Crippen molar-refractivity contribution >= 4 is 21.9 Å². The van der Waals surface area contributed by atoms with Gasteiger partial charge in [-0.05, 0) is 28.1 Å². The number of halogens is 1.